The van der Waals surface area contributed by atoms with Gasteiger partial charge in [0.1, 0.15) is 0 Å². The van der Waals surface area contributed by atoms with E-state index in [1.54, 1.807) is 25.2 Å². The van der Waals surface area contributed by atoms with Crippen molar-refractivity contribution in [1.82, 2.24) is 14.5 Å². The molecule has 0 saturated heterocycles. The molecule has 0 aromatic carbocycles. The van der Waals surface area contributed by atoms with Crippen LogP contribution in [-0.4, -0.2) is 34.5 Å². The van der Waals surface area contributed by atoms with E-state index in [0.29, 0.717) is 6.42 Å². The third kappa shape index (κ3) is 4.96. The molecule has 0 N–H and O–H groups in total. The molecule has 1 aromatic rings. The number of rotatable bonds is 7. The quantitative estimate of drug-likeness (QED) is 0.662. The Balaban J connectivity index is 1.94. The van der Waals surface area contributed by atoms with E-state index >= 15 is 0 Å². The van der Waals surface area contributed by atoms with Crippen molar-refractivity contribution >= 4 is 5.91 Å². The van der Waals surface area contributed by atoms with Crippen molar-refractivity contribution in [2.75, 3.05) is 14.1 Å². The average molecular weight is 223 g/mol. The minimum absolute atomic E-state index is 0.231. The number of carbonyl (C=O) groups is 1. The molecular weight excluding hydrogens is 202 g/mol. The predicted molar refractivity (Wildman–Crippen MR) is 64.0 cm³/mol. The maximum atomic E-state index is 11.3. The minimum atomic E-state index is 0.231. The van der Waals surface area contributed by atoms with Crippen molar-refractivity contribution in [3.8, 4) is 0 Å². The van der Waals surface area contributed by atoms with E-state index in [4.69, 9.17) is 0 Å². The molecule has 16 heavy (non-hydrogen) atoms. The maximum Gasteiger partial charge on any atom is 0.222 e. The Hall–Kier alpha value is -1.32. The molecule has 0 spiro atoms. The fraction of sp³-hybridized carbons (Fsp3) is 0.667. The summed E-state index contributed by atoms with van der Waals surface area (Å²) in [6, 6.07) is 0. The number of aryl methyl sites for hydroxylation is 1. The molecule has 0 aliphatic carbocycles. The molecule has 0 bridgehead atoms. The lowest BCUT2D eigenvalue weighted by Gasteiger charge is -2.09. The van der Waals surface area contributed by atoms with Crippen LogP contribution in [0.25, 0.3) is 0 Å². The zero-order chi connectivity index (χ0) is 11.8. The van der Waals surface area contributed by atoms with Crippen LogP contribution in [0.1, 0.15) is 32.1 Å². The molecule has 0 atom stereocenters. The first kappa shape index (κ1) is 12.7. The third-order valence-electron chi connectivity index (χ3n) is 2.61. The highest BCUT2D eigenvalue weighted by Gasteiger charge is 2.02. The van der Waals surface area contributed by atoms with Crippen LogP contribution in [0.5, 0.6) is 0 Å². The molecule has 0 unspecified atom stereocenters. The Kier molecular flexibility index (Phi) is 5.61. The van der Waals surface area contributed by atoms with Crippen LogP contribution in [0.15, 0.2) is 18.7 Å². The van der Waals surface area contributed by atoms with Gasteiger partial charge < -0.3 is 9.47 Å². The van der Waals surface area contributed by atoms with Gasteiger partial charge in [-0.1, -0.05) is 12.8 Å². The van der Waals surface area contributed by atoms with Gasteiger partial charge in [-0.2, -0.15) is 0 Å². The van der Waals surface area contributed by atoms with E-state index in [2.05, 4.69) is 9.55 Å². The second-order valence-electron chi connectivity index (χ2n) is 4.25. The van der Waals surface area contributed by atoms with Gasteiger partial charge in [0, 0.05) is 39.5 Å². The summed E-state index contributed by atoms with van der Waals surface area (Å²) in [6.45, 7) is 1.03. The van der Waals surface area contributed by atoms with Crippen molar-refractivity contribution in [1.29, 1.82) is 0 Å². The van der Waals surface area contributed by atoms with Gasteiger partial charge in [0.15, 0.2) is 0 Å². The molecule has 0 radical (unpaired) electrons. The predicted octanol–water partition coefficient (Wildman–Crippen LogP) is 1.92. The minimum Gasteiger partial charge on any atom is -0.349 e. The Morgan fingerprint density at radius 2 is 2.00 bits per heavy atom. The molecule has 1 rings (SSSR count). The number of hydrogen-bond acceptors (Lipinski definition) is 2. The number of imidazole rings is 1. The first-order valence-electron chi connectivity index (χ1n) is 5.86. The summed E-state index contributed by atoms with van der Waals surface area (Å²) < 4.78 is 2.09. The van der Waals surface area contributed by atoms with E-state index in [-0.39, 0.29) is 5.91 Å². The van der Waals surface area contributed by atoms with Gasteiger partial charge in [-0.25, -0.2) is 4.98 Å². The molecule has 1 aromatic heterocycles. The van der Waals surface area contributed by atoms with E-state index in [1.807, 2.05) is 12.5 Å². The first-order chi connectivity index (χ1) is 7.70. The normalized spacial score (nSPS) is 10.4. The van der Waals surface area contributed by atoms with Crippen LogP contribution in [0.2, 0.25) is 0 Å². The Labute approximate surface area is 97.3 Å². The van der Waals surface area contributed by atoms with E-state index in [1.165, 1.54) is 6.42 Å². The van der Waals surface area contributed by atoms with Gasteiger partial charge in [-0.3, -0.25) is 4.79 Å². The van der Waals surface area contributed by atoms with E-state index < -0.39 is 0 Å². The molecule has 1 amide bonds. The molecule has 0 saturated carbocycles. The van der Waals surface area contributed by atoms with Crippen molar-refractivity contribution < 1.29 is 4.79 Å². The highest BCUT2D eigenvalue weighted by Crippen LogP contribution is 2.05. The molecule has 90 valence electrons. The lowest BCUT2D eigenvalue weighted by molar-refractivity contribution is -0.128. The van der Waals surface area contributed by atoms with Crippen LogP contribution < -0.4 is 0 Å². The summed E-state index contributed by atoms with van der Waals surface area (Å²) in [5, 5.41) is 0. The lowest BCUT2D eigenvalue weighted by atomic mass is 10.1. The Morgan fingerprint density at radius 3 is 2.62 bits per heavy atom. The SMILES string of the molecule is CN(C)C(=O)CCCCCCn1ccnc1. The largest absolute Gasteiger partial charge is 0.349 e. The van der Waals surface area contributed by atoms with E-state index in [0.717, 1.165) is 25.8 Å². The van der Waals surface area contributed by atoms with Gasteiger partial charge >= 0.3 is 0 Å². The van der Waals surface area contributed by atoms with Crippen LogP contribution in [0.4, 0.5) is 0 Å². The van der Waals surface area contributed by atoms with Gasteiger partial charge in [0.2, 0.25) is 5.91 Å². The highest BCUT2D eigenvalue weighted by atomic mass is 16.2. The number of carbonyl (C=O) groups excluding carboxylic acids is 1. The summed E-state index contributed by atoms with van der Waals surface area (Å²) in [6.07, 6.45) is 10.8. The fourth-order valence-electron chi connectivity index (χ4n) is 1.57. The second-order valence-corrected chi connectivity index (χ2v) is 4.25. The molecule has 4 heteroatoms. The standard InChI is InChI=1S/C12H21N3O/c1-14(2)12(16)7-5-3-4-6-9-15-10-8-13-11-15/h8,10-11H,3-7,9H2,1-2H3. The highest BCUT2D eigenvalue weighted by molar-refractivity contribution is 5.75. The summed E-state index contributed by atoms with van der Waals surface area (Å²) in [7, 11) is 3.61. The van der Waals surface area contributed by atoms with Crippen molar-refractivity contribution in [2.45, 2.75) is 38.6 Å². The van der Waals surface area contributed by atoms with Gasteiger partial charge in [-0.15, -0.1) is 0 Å². The van der Waals surface area contributed by atoms with Crippen molar-refractivity contribution in [3.63, 3.8) is 0 Å². The van der Waals surface area contributed by atoms with Crippen LogP contribution in [0.3, 0.4) is 0 Å². The summed E-state index contributed by atoms with van der Waals surface area (Å²) in [5.41, 5.74) is 0. The summed E-state index contributed by atoms with van der Waals surface area (Å²) in [4.78, 5) is 16.9. The van der Waals surface area contributed by atoms with Crippen LogP contribution in [0, 0.1) is 0 Å². The monoisotopic (exact) mass is 223 g/mol. The summed E-state index contributed by atoms with van der Waals surface area (Å²) in [5.74, 6) is 0.231. The number of amides is 1. The lowest BCUT2D eigenvalue weighted by Crippen LogP contribution is -2.20. The van der Waals surface area contributed by atoms with Gasteiger partial charge in [0.25, 0.3) is 0 Å². The fourth-order valence-corrected chi connectivity index (χ4v) is 1.57. The topological polar surface area (TPSA) is 38.1 Å². The summed E-state index contributed by atoms with van der Waals surface area (Å²) >= 11 is 0. The molecular formula is C12H21N3O. The number of hydrogen-bond donors (Lipinski definition) is 0. The van der Waals surface area contributed by atoms with E-state index in [9.17, 15) is 4.79 Å². The average Bonchev–Trinajstić information content (AvgIpc) is 2.75. The number of nitrogens with zero attached hydrogens (tertiary/aromatic N) is 3. The van der Waals surface area contributed by atoms with Crippen molar-refractivity contribution in [2.24, 2.45) is 0 Å². The number of aromatic nitrogens is 2. The van der Waals surface area contributed by atoms with Crippen LogP contribution in [-0.2, 0) is 11.3 Å². The zero-order valence-electron chi connectivity index (χ0n) is 10.2. The van der Waals surface area contributed by atoms with Crippen LogP contribution >= 0.6 is 0 Å². The molecule has 0 aliphatic rings. The van der Waals surface area contributed by atoms with Crippen molar-refractivity contribution in [3.05, 3.63) is 18.7 Å². The molecule has 4 nitrogen and oxygen atoms in total. The molecule has 0 fully saturated rings. The maximum absolute atomic E-state index is 11.3. The third-order valence-corrected chi connectivity index (χ3v) is 2.61. The Bertz CT molecular complexity index is 293. The number of unbranched alkanes of at least 4 members (excludes halogenated alkanes) is 3. The smallest absolute Gasteiger partial charge is 0.222 e. The molecule has 1 heterocycles. The second kappa shape index (κ2) is 7.04. The van der Waals surface area contributed by atoms with Gasteiger partial charge in [-0.05, 0) is 12.8 Å². The zero-order valence-corrected chi connectivity index (χ0v) is 10.2. The first-order valence-corrected chi connectivity index (χ1v) is 5.86. The molecule has 0 aliphatic heterocycles. The van der Waals surface area contributed by atoms with Gasteiger partial charge in [0.05, 0.1) is 6.33 Å². The Morgan fingerprint density at radius 1 is 1.25 bits per heavy atom.